The van der Waals surface area contributed by atoms with Gasteiger partial charge in [0.1, 0.15) is 17.1 Å². The van der Waals surface area contributed by atoms with E-state index in [-0.39, 0.29) is 5.43 Å². The number of fused-ring (bicyclic) bond motifs is 5. The Labute approximate surface area is 248 Å². The maximum atomic E-state index is 14.1. The Hall–Kier alpha value is -5.11. The lowest BCUT2D eigenvalue weighted by atomic mass is 9.86. The lowest BCUT2D eigenvalue weighted by molar-refractivity contribution is -0.185. The molecule has 8 heteroatoms. The van der Waals surface area contributed by atoms with Crippen molar-refractivity contribution >= 4 is 50.6 Å². The zero-order valence-electron chi connectivity index (χ0n) is 24.5. The highest BCUT2D eigenvalue weighted by molar-refractivity contribution is 6.04. The Morgan fingerprint density at radius 2 is 1.63 bits per heavy atom. The van der Waals surface area contributed by atoms with Gasteiger partial charge in [0.25, 0.3) is 0 Å². The third-order valence-corrected chi connectivity index (χ3v) is 7.88. The molecule has 0 unspecified atom stereocenters. The summed E-state index contributed by atoms with van der Waals surface area (Å²) in [5.41, 5.74) is 1.03. The van der Waals surface area contributed by atoms with Crippen LogP contribution in [0.25, 0.3) is 38.7 Å². The molecule has 0 bridgehead atoms. The third-order valence-electron chi connectivity index (χ3n) is 7.88. The fraction of sp³-hybridized carbons (Fsp3) is 0.229. The van der Waals surface area contributed by atoms with Gasteiger partial charge in [-0.15, -0.1) is 0 Å². The van der Waals surface area contributed by atoms with E-state index in [0.717, 1.165) is 16.3 Å². The maximum Gasteiger partial charge on any atom is 0.331 e. The molecule has 0 N–H and O–H groups in total. The highest BCUT2D eigenvalue weighted by Gasteiger charge is 2.50. The molecular formula is C35H31NO7. The first-order chi connectivity index (χ1) is 20.6. The number of hydrogen-bond acceptors (Lipinski definition) is 7. The monoisotopic (exact) mass is 577 g/mol. The number of aromatic nitrogens is 1. The maximum absolute atomic E-state index is 14.1. The number of carbonyl (C=O) groups is 2. The summed E-state index contributed by atoms with van der Waals surface area (Å²) in [7, 11) is 3.33. The van der Waals surface area contributed by atoms with E-state index < -0.39 is 29.7 Å². The van der Waals surface area contributed by atoms with Gasteiger partial charge >= 0.3 is 11.9 Å². The van der Waals surface area contributed by atoms with Crippen LogP contribution in [0.3, 0.4) is 0 Å². The van der Waals surface area contributed by atoms with Crippen molar-refractivity contribution < 1.29 is 28.5 Å². The van der Waals surface area contributed by atoms with Gasteiger partial charge in [0.05, 0.1) is 29.1 Å². The first kappa shape index (κ1) is 28.0. The topological polar surface area (TPSA) is 93.1 Å². The number of pyridine rings is 1. The molecule has 0 spiro atoms. The van der Waals surface area contributed by atoms with Crippen molar-refractivity contribution in [1.29, 1.82) is 0 Å². The minimum Gasteiger partial charge on any atom is -0.496 e. The number of hydrogen-bond donors (Lipinski definition) is 0. The number of rotatable bonds is 5. The Morgan fingerprint density at radius 3 is 2.30 bits per heavy atom. The van der Waals surface area contributed by atoms with E-state index in [9.17, 15) is 14.4 Å². The van der Waals surface area contributed by atoms with Gasteiger partial charge in [-0.1, -0.05) is 54.6 Å². The Kier molecular flexibility index (Phi) is 6.92. The zero-order chi connectivity index (χ0) is 30.5. The lowest BCUT2D eigenvalue weighted by Crippen LogP contribution is -2.52. The standard InChI is InChI=1S/C35H31NO7/c1-20(37)41-33-30-27(43-35(2,3)34(33)42-28(38)16-15-21-11-7-6-8-12-21)19-26(40-5)29-31(30)36(4)25-18-23-14-10-9-13-22(23)17-24(25)32(29)39/h6-19,33-34H,1-5H3/t33-,34-/m0/s1. The molecule has 2 atom stereocenters. The van der Waals surface area contributed by atoms with E-state index in [4.69, 9.17) is 18.9 Å². The predicted octanol–water partition coefficient (Wildman–Crippen LogP) is 6.25. The van der Waals surface area contributed by atoms with Gasteiger partial charge in [-0.25, -0.2) is 4.79 Å². The average molecular weight is 578 g/mol. The predicted molar refractivity (Wildman–Crippen MR) is 165 cm³/mol. The van der Waals surface area contributed by atoms with Crippen LogP contribution < -0.4 is 14.9 Å². The van der Waals surface area contributed by atoms with Gasteiger partial charge in [-0.2, -0.15) is 0 Å². The van der Waals surface area contributed by atoms with Crippen molar-refractivity contribution in [3.63, 3.8) is 0 Å². The van der Waals surface area contributed by atoms with Crippen LogP contribution in [0.4, 0.5) is 0 Å². The summed E-state index contributed by atoms with van der Waals surface area (Å²) in [6.45, 7) is 4.81. The molecule has 0 fully saturated rings. The van der Waals surface area contributed by atoms with E-state index in [2.05, 4.69) is 0 Å². The van der Waals surface area contributed by atoms with Crippen LogP contribution in [0, 0.1) is 0 Å². The third kappa shape index (κ3) is 4.88. The summed E-state index contributed by atoms with van der Waals surface area (Å²) in [5, 5.41) is 2.72. The summed E-state index contributed by atoms with van der Waals surface area (Å²) < 4.78 is 25.9. The molecule has 218 valence electrons. The first-order valence-corrected chi connectivity index (χ1v) is 13.9. The summed E-state index contributed by atoms with van der Waals surface area (Å²) in [6.07, 6.45) is 0.846. The second-order valence-electron chi connectivity index (χ2n) is 11.2. The molecule has 6 rings (SSSR count). The highest BCUT2D eigenvalue weighted by atomic mass is 16.6. The summed E-state index contributed by atoms with van der Waals surface area (Å²) in [6, 6.07) is 22.6. The number of esters is 2. The van der Waals surface area contributed by atoms with Gasteiger partial charge in [-0.05, 0) is 48.4 Å². The van der Waals surface area contributed by atoms with E-state index in [1.54, 1.807) is 26.0 Å². The van der Waals surface area contributed by atoms with Crippen molar-refractivity contribution in [1.82, 2.24) is 4.57 Å². The van der Waals surface area contributed by atoms with E-state index in [1.165, 1.54) is 20.1 Å². The number of benzene rings is 4. The molecule has 2 heterocycles. The second-order valence-corrected chi connectivity index (χ2v) is 11.2. The van der Waals surface area contributed by atoms with E-state index in [0.29, 0.717) is 38.9 Å². The molecule has 0 saturated heterocycles. The Balaban J connectivity index is 1.59. The van der Waals surface area contributed by atoms with Gasteiger partial charge in [0.2, 0.25) is 5.43 Å². The molecule has 0 radical (unpaired) electrons. The Morgan fingerprint density at radius 1 is 0.953 bits per heavy atom. The van der Waals surface area contributed by atoms with Crippen LogP contribution in [-0.2, 0) is 26.1 Å². The normalized spacial score (nSPS) is 17.5. The largest absolute Gasteiger partial charge is 0.496 e. The molecule has 1 aliphatic heterocycles. The molecule has 43 heavy (non-hydrogen) atoms. The molecule has 5 aromatic rings. The van der Waals surface area contributed by atoms with Crippen molar-refractivity contribution in [3.8, 4) is 11.5 Å². The van der Waals surface area contributed by atoms with E-state index in [1.807, 2.05) is 78.3 Å². The minimum absolute atomic E-state index is 0.237. The number of carbonyl (C=O) groups excluding carboxylic acids is 2. The zero-order valence-corrected chi connectivity index (χ0v) is 24.5. The minimum atomic E-state index is -1.12. The van der Waals surface area contributed by atoms with Crippen LogP contribution in [0.1, 0.15) is 38.0 Å². The van der Waals surface area contributed by atoms with Gasteiger partial charge < -0.3 is 23.5 Å². The first-order valence-electron chi connectivity index (χ1n) is 13.9. The van der Waals surface area contributed by atoms with Crippen molar-refractivity contribution in [2.75, 3.05) is 7.11 Å². The lowest BCUT2D eigenvalue weighted by Gasteiger charge is -2.43. The molecule has 0 amide bonds. The number of nitrogens with zero attached hydrogens (tertiary/aromatic N) is 1. The Bertz CT molecular complexity index is 2010. The second kappa shape index (κ2) is 10.6. The molecule has 0 aliphatic carbocycles. The molecule has 8 nitrogen and oxygen atoms in total. The van der Waals surface area contributed by atoms with Gasteiger partial charge in [0.15, 0.2) is 12.2 Å². The van der Waals surface area contributed by atoms with Crippen LogP contribution in [0.5, 0.6) is 11.5 Å². The van der Waals surface area contributed by atoms with Crippen molar-refractivity contribution in [3.05, 3.63) is 100 Å². The summed E-state index contributed by atoms with van der Waals surface area (Å²) in [4.78, 5) is 39.8. The average Bonchev–Trinajstić information content (AvgIpc) is 2.99. The number of aryl methyl sites for hydroxylation is 1. The molecule has 1 aromatic heterocycles. The smallest absolute Gasteiger partial charge is 0.331 e. The van der Waals surface area contributed by atoms with Gasteiger partial charge in [-0.3, -0.25) is 9.59 Å². The summed E-state index contributed by atoms with van der Waals surface area (Å²) in [5.74, 6) is -0.518. The fourth-order valence-corrected chi connectivity index (χ4v) is 5.92. The van der Waals surface area contributed by atoms with Gasteiger partial charge in [0, 0.05) is 31.5 Å². The van der Waals surface area contributed by atoms with E-state index >= 15 is 0 Å². The number of methoxy groups -OCH3 is 1. The SMILES string of the molecule is COc1cc2c(c3c1c(=O)c1cc4ccccc4cc1n3C)[C@H](OC(C)=O)[C@H](OC(=O)C=Cc1ccccc1)C(C)(C)O2. The van der Waals surface area contributed by atoms with Crippen LogP contribution in [0.15, 0.2) is 83.7 Å². The highest BCUT2D eigenvalue weighted by Crippen LogP contribution is 2.49. The van der Waals surface area contributed by atoms with Crippen molar-refractivity contribution in [2.24, 2.45) is 7.05 Å². The quantitative estimate of drug-likeness (QED) is 0.138. The molecular weight excluding hydrogens is 546 g/mol. The molecule has 0 saturated carbocycles. The van der Waals surface area contributed by atoms with Crippen molar-refractivity contribution in [2.45, 2.75) is 38.6 Å². The van der Waals surface area contributed by atoms with Crippen LogP contribution in [-0.4, -0.2) is 35.3 Å². The molecule has 4 aromatic carbocycles. The van der Waals surface area contributed by atoms with Crippen LogP contribution >= 0.6 is 0 Å². The molecule has 1 aliphatic rings. The summed E-state index contributed by atoms with van der Waals surface area (Å²) >= 11 is 0. The fourth-order valence-electron chi connectivity index (χ4n) is 5.92. The van der Waals surface area contributed by atoms with Crippen LogP contribution in [0.2, 0.25) is 0 Å². The number of ether oxygens (including phenoxy) is 4.